The van der Waals surface area contributed by atoms with Gasteiger partial charge in [0.2, 0.25) is 0 Å². The molecule has 0 saturated carbocycles. The highest BCUT2D eigenvalue weighted by Gasteiger charge is 2.28. The summed E-state index contributed by atoms with van der Waals surface area (Å²) in [6.07, 6.45) is 4.05. The van der Waals surface area contributed by atoms with E-state index in [0.717, 1.165) is 22.2 Å². The zero-order chi connectivity index (χ0) is 25.3. The monoisotopic (exact) mass is 512 g/mol. The molecule has 1 amide bonds. The minimum atomic E-state index is -0.811. The number of amides is 1. The summed E-state index contributed by atoms with van der Waals surface area (Å²) in [6, 6.07) is 8.08. The third-order valence-electron chi connectivity index (χ3n) is 6.86. The van der Waals surface area contributed by atoms with Crippen molar-refractivity contribution in [3.8, 4) is 6.07 Å². The number of aromatic nitrogens is 2. The normalized spacial score (nSPS) is 14.3. The third kappa shape index (κ3) is 5.14. The Morgan fingerprint density at radius 1 is 1.20 bits per heavy atom. The topological polar surface area (TPSA) is 99.2 Å². The SMILES string of the molecule is Cc1cc(C#N)cc2c1cc(CCc1c(Cl)cnc(C(=O)N3CCC(CC(=O)O)CC3)c1Cl)n2C. The number of likely N-dealkylation sites (tertiary alicyclic amines) is 1. The Balaban J connectivity index is 1.53. The summed E-state index contributed by atoms with van der Waals surface area (Å²) in [7, 11) is 1.97. The number of piperidine rings is 1. The van der Waals surface area contributed by atoms with Crippen LogP contribution >= 0.6 is 23.2 Å². The number of aryl methyl sites for hydroxylation is 3. The van der Waals surface area contributed by atoms with Gasteiger partial charge in [-0.2, -0.15) is 5.26 Å². The second kappa shape index (κ2) is 10.3. The van der Waals surface area contributed by atoms with Gasteiger partial charge in [-0.05, 0) is 67.9 Å². The summed E-state index contributed by atoms with van der Waals surface area (Å²) in [6.45, 7) is 2.95. The maximum absolute atomic E-state index is 13.1. The van der Waals surface area contributed by atoms with E-state index < -0.39 is 5.97 Å². The van der Waals surface area contributed by atoms with Crippen molar-refractivity contribution >= 4 is 46.0 Å². The predicted molar refractivity (Wildman–Crippen MR) is 135 cm³/mol. The molecule has 1 aromatic carbocycles. The molecule has 1 saturated heterocycles. The van der Waals surface area contributed by atoms with Crippen molar-refractivity contribution in [3.63, 3.8) is 0 Å². The van der Waals surface area contributed by atoms with Crippen LogP contribution in [0.1, 0.15) is 52.1 Å². The van der Waals surface area contributed by atoms with Gasteiger partial charge in [0.05, 0.1) is 21.7 Å². The molecule has 0 bridgehead atoms. The number of aliphatic carboxylic acids is 1. The molecule has 35 heavy (non-hydrogen) atoms. The van der Waals surface area contributed by atoms with Crippen LogP contribution in [0.5, 0.6) is 0 Å². The molecule has 0 spiro atoms. The fraction of sp³-hybridized carbons (Fsp3) is 0.385. The van der Waals surface area contributed by atoms with Crippen molar-refractivity contribution in [1.82, 2.24) is 14.5 Å². The van der Waals surface area contributed by atoms with Crippen molar-refractivity contribution in [2.45, 2.75) is 39.0 Å². The van der Waals surface area contributed by atoms with Crippen molar-refractivity contribution < 1.29 is 14.7 Å². The molecule has 1 N–H and O–H groups in total. The van der Waals surface area contributed by atoms with Gasteiger partial charge in [-0.1, -0.05) is 23.2 Å². The lowest BCUT2D eigenvalue weighted by atomic mass is 9.93. The van der Waals surface area contributed by atoms with Crippen LogP contribution in [0.25, 0.3) is 10.9 Å². The summed E-state index contributed by atoms with van der Waals surface area (Å²) < 4.78 is 2.07. The average Bonchev–Trinajstić information content (AvgIpc) is 3.14. The number of pyridine rings is 1. The maximum atomic E-state index is 13.1. The van der Waals surface area contributed by atoms with Gasteiger partial charge in [0, 0.05) is 49.4 Å². The Hall–Kier alpha value is -3.08. The highest BCUT2D eigenvalue weighted by Crippen LogP contribution is 2.31. The zero-order valence-corrected chi connectivity index (χ0v) is 21.2. The number of rotatable bonds is 6. The largest absolute Gasteiger partial charge is 0.481 e. The number of hydrogen-bond acceptors (Lipinski definition) is 4. The number of nitrogens with zero attached hydrogens (tertiary/aromatic N) is 4. The first-order valence-electron chi connectivity index (χ1n) is 11.5. The van der Waals surface area contributed by atoms with Crippen LogP contribution in [0.4, 0.5) is 0 Å². The van der Waals surface area contributed by atoms with Gasteiger partial charge in [-0.15, -0.1) is 0 Å². The first-order chi connectivity index (χ1) is 16.7. The summed E-state index contributed by atoms with van der Waals surface area (Å²) in [4.78, 5) is 30.0. The van der Waals surface area contributed by atoms with Gasteiger partial charge in [0.15, 0.2) is 0 Å². The Labute approximate surface area is 213 Å². The fourth-order valence-corrected chi connectivity index (χ4v) is 5.45. The Morgan fingerprint density at radius 2 is 1.91 bits per heavy atom. The Bertz CT molecular complexity index is 1350. The van der Waals surface area contributed by atoms with Gasteiger partial charge in [-0.3, -0.25) is 9.59 Å². The van der Waals surface area contributed by atoms with Crippen LogP contribution in [-0.2, 0) is 24.7 Å². The van der Waals surface area contributed by atoms with Gasteiger partial charge >= 0.3 is 5.97 Å². The van der Waals surface area contributed by atoms with Crippen LogP contribution in [0.3, 0.4) is 0 Å². The zero-order valence-electron chi connectivity index (χ0n) is 19.6. The van der Waals surface area contributed by atoms with E-state index in [0.29, 0.717) is 54.9 Å². The summed E-state index contributed by atoms with van der Waals surface area (Å²) in [5.74, 6) is -0.992. The van der Waals surface area contributed by atoms with Crippen molar-refractivity contribution in [3.05, 3.63) is 62.5 Å². The lowest BCUT2D eigenvalue weighted by Gasteiger charge is -2.31. The molecule has 0 aliphatic carbocycles. The molecule has 0 radical (unpaired) electrons. The first kappa shape index (κ1) is 25.0. The van der Waals surface area contributed by atoms with Crippen LogP contribution in [0.15, 0.2) is 24.4 Å². The average molecular weight is 513 g/mol. The highest BCUT2D eigenvalue weighted by atomic mass is 35.5. The molecule has 3 aromatic rings. The van der Waals surface area contributed by atoms with Crippen LogP contribution in [0, 0.1) is 24.2 Å². The van der Waals surface area contributed by atoms with E-state index >= 15 is 0 Å². The van der Waals surface area contributed by atoms with E-state index in [-0.39, 0.29) is 29.0 Å². The third-order valence-corrected chi connectivity index (χ3v) is 7.60. The van der Waals surface area contributed by atoms with E-state index in [9.17, 15) is 14.9 Å². The molecular weight excluding hydrogens is 487 g/mol. The number of carbonyl (C=O) groups is 2. The van der Waals surface area contributed by atoms with Gasteiger partial charge in [0.25, 0.3) is 5.91 Å². The van der Waals surface area contributed by atoms with E-state index in [1.165, 1.54) is 6.20 Å². The molecule has 1 aliphatic heterocycles. The second-order valence-electron chi connectivity index (χ2n) is 9.11. The number of carboxylic acid groups (broad SMARTS) is 1. The van der Waals surface area contributed by atoms with E-state index in [1.54, 1.807) is 4.90 Å². The molecule has 7 nitrogen and oxygen atoms in total. The first-order valence-corrected chi connectivity index (χ1v) is 12.3. The minimum Gasteiger partial charge on any atom is -0.481 e. The summed E-state index contributed by atoms with van der Waals surface area (Å²) in [5.41, 5.74) is 4.57. The summed E-state index contributed by atoms with van der Waals surface area (Å²) >= 11 is 13.1. The molecule has 9 heteroatoms. The van der Waals surface area contributed by atoms with Crippen molar-refractivity contribution in [2.75, 3.05) is 13.1 Å². The molecule has 0 atom stereocenters. The smallest absolute Gasteiger partial charge is 0.303 e. The lowest BCUT2D eigenvalue weighted by molar-refractivity contribution is -0.138. The quantitative estimate of drug-likeness (QED) is 0.490. The van der Waals surface area contributed by atoms with Crippen LogP contribution in [0.2, 0.25) is 10.0 Å². The molecule has 182 valence electrons. The van der Waals surface area contributed by atoms with E-state index in [1.807, 2.05) is 26.1 Å². The van der Waals surface area contributed by atoms with E-state index in [2.05, 4.69) is 21.7 Å². The van der Waals surface area contributed by atoms with Gasteiger partial charge in [-0.25, -0.2) is 4.98 Å². The number of carbonyl (C=O) groups excluding carboxylic acids is 1. The van der Waals surface area contributed by atoms with E-state index in [4.69, 9.17) is 28.3 Å². The number of nitriles is 1. The Kier molecular flexibility index (Phi) is 7.34. The highest BCUT2D eigenvalue weighted by molar-refractivity contribution is 6.37. The number of benzene rings is 1. The molecular formula is C26H26Cl2N4O3. The van der Waals surface area contributed by atoms with Crippen LogP contribution < -0.4 is 0 Å². The fourth-order valence-electron chi connectivity index (χ4n) is 4.84. The number of carboxylic acids is 1. The second-order valence-corrected chi connectivity index (χ2v) is 9.90. The van der Waals surface area contributed by atoms with Crippen LogP contribution in [-0.4, -0.2) is 44.5 Å². The molecule has 4 rings (SSSR count). The molecule has 1 fully saturated rings. The number of fused-ring (bicyclic) bond motifs is 1. The maximum Gasteiger partial charge on any atom is 0.303 e. The summed E-state index contributed by atoms with van der Waals surface area (Å²) in [5, 5.41) is 20.1. The molecule has 1 aliphatic rings. The van der Waals surface area contributed by atoms with Gasteiger partial charge in [0.1, 0.15) is 5.69 Å². The Morgan fingerprint density at radius 3 is 2.57 bits per heavy atom. The molecule has 3 heterocycles. The number of hydrogen-bond donors (Lipinski definition) is 1. The van der Waals surface area contributed by atoms with Crippen molar-refractivity contribution in [1.29, 1.82) is 5.26 Å². The standard InChI is InChI=1S/C26H26Cl2N4O3/c1-15-9-17(13-29)10-22-20(15)12-18(31(22)2)3-4-19-21(27)14-30-25(24(19)28)26(35)32-7-5-16(6-8-32)11-23(33)34/h9-10,12,14,16H,3-8,11H2,1-2H3,(H,33,34). The van der Waals surface area contributed by atoms with Crippen molar-refractivity contribution in [2.24, 2.45) is 13.0 Å². The number of halogens is 2. The predicted octanol–water partition coefficient (Wildman–Crippen LogP) is 5.17. The minimum absolute atomic E-state index is 0.0782. The lowest BCUT2D eigenvalue weighted by Crippen LogP contribution is -2.39. The molecule has 2 aromatic heterocycles. The van der Waals surface area contributed by atoms with Gasteiger partial charge < -0.3 is 14.6 Å². The molecule has 0 unspecified atom stereocenters.